The number of hydrogen-bond donors (Lipinski definition) is 0. The van der Waals surface area contributed by atoms with Crippen molar-refractivity contribution in [3.63, 3.8) is 0 Å². The van der Waals surface area contributed by atoms with Gasteiger partial charge < -0.3 is 9.64 Å². The molecule has 4 rings (SSSR count). The molecule has 0 spiro atoms. The van der Waals surface area contributed by atoms with E-state index in [9.17, 15) is 4.79 Å². The molecule has 138 valence electrons. The molecule has 0 aliphatic carbocycles. The minimum atomic E-state index is -0.106. The molecule has 0 atom stereocenters. The molecule has 1 aromatic heterocycles. The number of likely N-dealkylation sites (tertiary alicyclic amines) is 1. The van der Waals surface area contributed by atoms with E-state index in [2.05, 4.69) is 10.2 Å². The number of benzene rings is 2. The van der Waals surface area contributed by atoms with Gasteiger partial charge in [-0.15, -0.1) is 5.10 Å². The maximum absolute atomic E-state index is 12.7. The van der Waals surface area contributed by atoms with Crippen LogP contribution in [0.25, 0.3) is 10.8 Å². The molecule has 2 heterocycles. The molecule has 1 aliphatic heterocycles. The smallest absolute Gasteiger partial charge is 0.255 e. The van der Waals surface area contributed by atoms with Crippen molar-refractivity contribution in [3.8, 4) is 5.88 Å². The van der Waals surface area contributed by atoms with Crippen molar-refractivity contribution in [1.29, 1.82) is 0 Å². The van der Waals surface area contributed by atoms with Crippen LogP contribution in [0.3, 0.4) is 0 Å². The Bertz CT molecular complexity index is 983. The van der Waals surface area contributed by atoms with Crippen LogP contribution >= 0.6 is 23.2 Å². The summed E-state index contributed by atoms with van der Waals surface area (Å²) >= 11 is 12.2. The zero-order valence-corrected chi connectivity index (χ0v) is 16.0. The minimum absolute atomic E-state index is 0.0102. The topological polar surface area (TPSA) is 55.3 Å². The third-order valence-electron chi connectivity index (χ3n) is 4.70. The summed E-state index contributed by atoms with van der Waals surface area (Å²) in [4.78, 5) is 14.5. The highest BCUT2D eigenvalue weighted by Crippen LogP contribution is 2.27. The molecule has 0 radical (unpaired) electrons. The number of aromatic nitrogens is 2. The average molecular weight is 402 g/mol. The van der Waals surface area contributed by atoms with Crippen molar-refractivity contribution in [3.05, 3.63) is 64.3 Å². The van der Waals surface area contributed by atoms with E-state index in [1.807, 2.05) is 24.3 Å². The normalized spacial score (nSPS) is 15.1. The molecule has 0 bridgehead atoms. The monoisotopic (exact) mass is 401 g/mol. The molecule has 0 saturated carbocycles. The standard InChI is InChI=1S/C20H17Cl2N3O2/c21-14-5-6-18(22)17(11-14)20(26)25-9-7-15(8-10-25)27-19-16-4-2-1-3-13(16)12-23-24-19/h1-6,11-12,15H,7-10H2. The summed E-state index contributed by atoms with van der Waals surface area (Å²) < 4.78 is 6.09. The Hall–Kier alpha value is -2.37. The van der Waals surface area contributed by atoms with Crippen molar-refractivity contribution >= 4 is 39.9 Å². The van der Waals surface area contributed by atoms with Crippen molar-refractivity contribution in [2.75, 3.05) is 13.1 Å². The second kappa shape index (κ2) is 7.71. The minimum Gasteiger partial charge on any atom is -0.473 e. The Kier molecular flexibility index (Phi) is 5.14. The summed E-state index contributed by atoms with van der Waals surface area (Å²) in [6, 6.07) is 12.8. The fraction of sp³-hybridized carbons (Fsp3) is 0.250. The van der Waals surface area contributed by atoms with Gasteiger partial charge >= 0.3 is 0 Å². The van der Waals surface area contributed by atoms with Gasteiger partial charge in [0.2, 0.25) is 5.88 Å². The molecule has 1 saturated heterocycles. The van der Waals surface area contributed by atoms with Crippen LogP contribution < -0.4 is 4.74 Å². The van der Waals surface area contributed by atoms with Gasteiger partial charge in [-0.1, -0.05) is 41.4 Å². The SMILES string of the molecule is O=C(c1cc(Cl)ccc1Cl)N1CCC(Oc2nncc3ccccc23)CC1. The van der Waals surface area contributed by atoms with E-state index in [4.69, 9.17) is 27.9 Å². The lowest BCUT2D eigenvalue weighted by Crippen LogP contribution is -2.42. The quantitative estimate of drug-likeness (QED) is 0.642. The molecule has 27 heavy (non-hydrogen) atoms. The number of nitrogens with zero attached hydrogens (tertiary/aromatic N) is 3. The van der Waals surface area contributed by atoms with Crippen LogP contribution in [0, 0.1) is 0 Å². The number of fused-ring (bicyclic) bond motifs is 1. The number of rotatable bonds is 3. The van der Waals surface area contributed by atoms with Gasteiger partial charge in [-0.3, -0.25) is 4.79 Å². The molecule has 3 aromatic rings. The first-order chi connectivity index (χ1) is 13.1. The van der Waals surface area contributed by atoms with E-state index >= 15 is 0 Å². The zero-order valence-electron chi connectivity index (χ0n) is 14.4. The lowest BCUT2D eigenvalue weighted by atomic mass is 10.1. The van der Waals surface area contributed by atoms with E-state index < -0.39 is 0 Å². The summed E-state index contributed by atoms with van der Waals surface area (Å²) in [5.74, 6) is 0.432. The van der Waals surface area contributed by atoms with Crippen LogP contribution in [0.1, 0.15) is 23.2 Å². The largest absolute Gasteiger partial charge is 0.473 e. The molecule has 0 unspecified atom stereocenters. The Morgan fingerprint density at radius 2 is 1.89 bits per heavy atom. The van der Waals surface area contributed by atoms with E-state index in [1.165, 1.54) is 0 Å². The zero-order chi connectivity index (χ0) is 18.8. The number of hydrogen-bond acceptors (Lipinski definition) is 4. The van der Waals surface area contributed by atoms with Crippen LogP contribution in [0.4, 0.5) is 0 Å². The second-order valence-corrected chi connectivity index (χ2v) is 7.31. The first-order valence-electron chi connectivity index (χ1n) is 8.73. The summed E-state index contributed by atoms with van der Waals surface area (Å²) in [7, 11) is 0. The molecule has 5 nitrogen and oxygen atoms in total. The Morgan fingerprint density at radius 1 is 1.11 bits per heavy atom. The maximum Gasteiger partial charge on any atom is 0.255 e. The molecule has 1 amide bonds. The molecular formula is C20H17Cl2N3O2. The fourth-order valence-corrected chi connectivity index (χ4v) is 3.63. The maximum atomic E-state index is 12.7. The lowest BCUT2D eigenvalue weighted by molar-refractivity contribution is 0.0589. The Morgan fingerprint density at radius 3 is 2.70 bits per heavy atom. The van der Waals surface area contributed by atoms with Gasteiger partial charge in [0.05, 0.1) is 16.8 Å². The highest BCUT2D eigenvalue weighted by molar-refractivity contribution is 6.35. The van der Waals surface area contributed by atoms with Gasteiger partial charge in [-0.05, 0) is 24.3 Å². The highest BCUT2D eigenvalue weighted by atomic mass is 35.5. The van der Waals surface area contributed by atoms with Crippen LogP contribution in [0.5, 0.6) is 5.88 Å². The lowest BCUT2D eigenvalue weighted by Gasteiger charge is -2.32. The van der Waals surface area contributed by atoms with Gasteiger partial charge in [-0.2, -0.15) is 5.10 Å². The van der Waals surface area contributed by atoms with E-state index in [0.717, 1.165) is 23.6 Å². The number of carbonyl (C=O) groups is 1. The third-order valence-corrected chi connectivity index (χ3v) is 5.27. The second-order valence-electron chi connectivity index (χ2n) is 6.47. The Balaban J connectivity index is 1.43. The van der Waals surface area contributed by atoms with E-state index in [1.54, 1.807) is 29.3 Å². The molecule has 0 N–H and O–H groups in total. The number of piperidine rings is 1. The van der Waals surface area contributed by atoms with Crippen LogP contribution in [0.15, 0.2) is 48.7 Å². The van der Waals surface area contributed by atoms with Crippen LogP contribution in [0.2, 0.25) is 10.0 Å². The fourth-order valence-electron chi connectivity index (χ4n) is 3.26. The van der Waals surface area contributed by atoms with Crippen molar-refractivity contribution in [2.45, 2.75) is 18.9 Å². The van der Waals surface area contributed by atoms with Crippen molar-refractivity contribution < 1.29 is 9.53 Å². The van der Waals surface area contributed by atoms with Gasteiger partial charge in [0.25, 0.3) is 5.91 Å². The summed E-state index contributed by atoms with van der Waals surface area (Å²) in [5, 5.41) is 11.0. The van der Waals surface area contributed by atoms with Crippen LogP contribution in [-0.2, 0) is 0 Å². The average Bonchev–Trinajstić information content (AvgIpc) is 2.70. The number of amides is 1. The van der Waals surface area contributed by atoms with Crippen molar-refractivity contribution in [1.82, 2.24) is 15.1 Å². The molecule has 1 aliphatic rings. The first-order valence-corrected chi connectivity index (χ1v) is 9.49. The van der Waals surface area contributed by atoms with Gasteiger partial charge in [-0.25, -0.2) is 0 Å². The highest BCUT2D eigenvalue weighted by Gasteiger charge is 2.26. The predicted octanol–water partition coefficient (Wildman–Crippen LogP) is 4.62. The van der Waals surface area contributed by atoms with Gasteiger partial charge in [0.1, 0.15) is 6.10 Å². The molecule has 7 heteroatoms. The molecule has 1 fully saturated rings. The molecule has 2 aromatic carbocycles. The first kappa shape index (κ1) is 18.0. The van der Waals surface area contributed by atoms with Crippen LogP contribution in [-0.4, -0.2) is 40.2 Å². The summed E-state index contributed by atoms with van der Waals surface area (Å²) in [5.41, 5.74) is 0.434. The van der Waals surface area contributed by atoms with E-state index in [-0.39, 0.29) is 12.0 Å². The Labute approximate surface area is 166 Å². The van der Waals surface area contributed by atoms with E-state index in [0.29, 0.717) is 34.6 Å². The summed E-state index contributed by atoms with van der Waals surface area (Å²) in [6.45, 7) is 1.18. The number of halogens is 2. The van der Waals surface area contributed by atoms with Gasteiger partial charge in [0, 0.05) is 41.7 Å². The summed E-state index contributed by atoms with van der Waals surface area (Å²) in [6.07, 6.45) is 3.14. The number of ether oxygens (including phenoxy) is 1. The third kappa shape index (κ3) is 3.84. The van der Waals surface area contributed by atoms with Crippen molar-refractivity contribution in [2.24, 2.45) is 0 Å². The van der Waals surface area contributed by atoms with Gasteiger partial charge in [0.15, 0.2) is 0 Å². The number of carbonyl (C=O) groups excluding carboxylic acids is 1. The molecular weight excluding hydrogens is 385 g/mol. The predicted molar refractivity (Wildman–Crippen MR) is 106 cm³/mol.